The van der Waals surface area contributed by atoms with E-state index in [2.05, 4.69) is 16.0 Å². The Bertz CT molecular complexity index is 584. The van der Waals surface area contributed by atoms with Crippen LogP contribution in [0.25, 0.3) is 0 Å². The fraction of sp³-hybridized carbons (Fsp3) is 0.500. The summed E-state index contributed by atoms with van der Waals surface area (Å²) in [5.74, 6) is -0.290. The molecule has 0 radical (unpaired) electrons. The van der Waals surface area contributed by atoms with Gasteiger partial charge in [-0.1, -0.05) is 11.6 Å². The molecule has 0 atom stereocenters. The van der Waals surface area contributed by atoms with Crippen LogP contribution in [0.4, 0.5) is 11.4 Å². The van der Waals surface area contributed by atoms with Gasteiger partial charge in [0.2, 0.25) is 11.8 Å². The number of carbonyl (C=O) groups excluding carboxylic acids is 2. The summed E-state index contributed by atoms with van der Waals surface area (Å²) in [5.41, 5.74) is 0.507. The maximum atomic E-state index is 12.8. The molecule has 1 aromatic rings. The minimum atomic E-state index is -0.562. The number of anilines is 2. The molecule has 1 saturated heterocycles. The molecular weight excluding hydrogens is 353 g/mol. The number of hydrogen-bond acceptors (Lipinski definition) is 4. The zero-order chi connectivity index (χ0) is 16.9. The van der Waals surface area contributed by atoms with E-state index in [0.29, 0.717) is 35.8 Å². The molecule has 1 fully saturated rings. The van der Waals surface area contributed by atoms with Gasteiger partial charge in [0, 0.05) is 19.7 Å². The molecule has 0 saturated carbocycles. The number of halogens is 2. The molecule has 24 heavy (non-hydrogen) atoms. The van der Waals surface area contributed by atoms with E-state index >= 15 is 0 Å². The molecule has 2 amide bonds. The third-order valence-electron chi connectivity index (χ3n) is 4.00. The summed E-state index contributed by atoms with van der Waals surface area (Å²) in [4.78, 5) is 24.0. The molecule has 1 aliphatic heterocycles. The number of rotatable bonds is 5. The lowest BCUT2D eigenvalue weighted by Crippen LogP contribution is -2.47. The monoisotopic (exact) mass is 375 g/mol. The number of hydrogen-bond donors (Lipinski definition) is 3. The summed E-state index contributed by atoms with van der Waals surface area (Å²) in [6.45, 7) is 3.34. The van der Waals surface area contributed by atoms with Gasteiger partial charge in [-0.05, 0) is 44.1 Å². The highest BCUT2D eigenvalue weighted by atomic mass is 35.5. The quantitative estimate of drug-likeness (QED) is 0.738. The third-order valence-corrected chi connectivity index (χ3v) is 4.33. The SMILES string of the molecule is COCC1(C(=O)Nc2cc(NC(C)=O)ccc2Cl)CCNCC1.Cl. The van der Waals surface area contributed by atoms with Gasteiger partial charge in [0.15, 0.2) is 0 Å². The molecule has 3 N–H and O–H groups in total. The number of methoxy groups -OCH3 is 1. The average Bonchev–Trinajstić information content (AvgIpc) is 2.51. The van der Waals surface area contributed by atoms with E-state index in [9.17, 15) is 9.59 Å². The maximum Gasteiger partial charge on any atom is 0.233 e. The molecule has 1 aromatic carbocycles. The lowest BCUT2D eigenvalue weighted by Gasteiger charge is -2.35. The van der Waals surface area contributed by atoms with E-state index in [-0.39, 0.29) is 24.2 Å². The summed E-state index contributed by atoms with van der Waals surface area (Å²) < 4.78 is 5.27. The van der Waals surface area contributed by atoms with Crippen LogP contribution < -0.4 is 16.0 Å². The Balaban J connectivity index is 0.00000288. The molecular formula is C16H23Cl2N3O3. The first-order valence-electron chi connectivity index (χ1n) is 7.55. The van der Waals surface area contributed by atoms with E-state index in [1.807, 2.05) is 0 Å². The Hall–Kier alpha value is -1.34. The van der Waals surface area contributed by atoms with Crippen molar-refractivity contribution in [3.8, 4) is 0 Å². The first-order valence-corrected chi connectivity index (χ1v) is 7.93. The molecule has 8 heteroatoms. The van der Waals surface area contributed by atoms with Gasteiger partial charge in [-0.25, -0.2) is 0 Å². The van der Waals surface area contributed by atoms with E-state index in [0.717, 1.165) is 13.1 Å². The highest BCUT2D eigenvalue weighted by Gasteiger charge is 2.39. The molecule has 134 valence electrons. The number of amides is 2. The molecule has 2 rings (SSSR count). The van der Waals surface area contributed by atoms with Crippen LogP contribution >= 0.6 is 24.0 Å². The summed E-state index contributed by atoms with van der Waals surface area (Å²) in [6, 6.07) is 4.99. The molecule has 0 unspecified atom stereocenters. The van der Waals surface area contributed by atoms with Gasteiger partial charge < -0.3 is 20.7 Å². The topological polar surface area (TPSA) is 79.5 Å². The molecule has 0 aromatic heterocycles. The Morgan fingerprint density at radius 1 is 1.29 bits per heavy atom. The molecule has 0 aliphatic carbocycles. The van der Waals surface area contributed by atoms with Gasteiger partial charge in [0.25, 0.3) is 0 Å². The fourth-order valence-electron chi connectivity index (χ4n) is 2.78. The molecule has 0 spiro atoms. The van der Waals surface area contributed by atoms with Gasteiger partial charge >= 0.3 is 0 Å². The van der Waals surface area contributed by atoms with E-state index < -0.39 is 5.41 Å². The number of ether oxygens (including phenoxy) is 1. The normalized spacial score (nSPS) is 16.0. The van der Waals surface area contributed by atoms with Crippen LogP contribution in [0.3, 0.4) is 0 Å². The molecule has 1 heterocycles. The number of benzene rings is 1. The van der Waals surface area contributed by atoms with Crippen molar-refractivity contribution in [2.45, 2.75) is 19.8 Å². The van der Waals surface area contributed by atoms with E-state index in [1.54, 1.807) is 25.3 Å². The molecule has 1 aliphatic rings. The predicted octanol–water partition coefficient (Wildman–Crippen LogP) is 2.67. The van der Waals surface area contributed by atoms with Crippen molar-refractivity contribution in [1.82, 2.24) is 5.32 Å². The Morgan fingerprint density at radius 2 is 1.96 bits per heavy atom. The van der Waals surface area contributed by atoms with Crippen molar-refractivity contribution >= 4 is 47.2 Å². The summed E-state index contributed by atoms with van der Waals surface area (Å²) in [5, 5.41) is 9.24. The van der Waals surface area contributed by atoms with Gasteiger partial charge in [-0.15, -0.1) is 12.4 Å². The largest absolute Gasteiger partial charge is 0.384 e. The van der Waals surface area contributed by atoms with Crippen molar-refractivity contribution in [3.05, 3.63) is 23.2 Å². The number of piperidine rings is 1. The fourth-order valence-corrected chi connectivity index (χ4v) is 2.94. The second kappa shape index (κ2) is 9.22. The predicted molar refractivity (Wildman–Crippen MR) is 98.0 cm³/mol. The minimum Gasteiger partial charge on any atom is -0.384 e. The van der Waals surface area contributed by atoms with E-state index in [4.69, 9.17) is 16.3 Å². The minimum absolute atomic E-state index is 0. The van der Waals surface area contributed by atoms with Crippen LogP contribution in [-0.4, -0.2) is 38.6 Å². The van der Waals surface area contributed by atoms with Gasteiger partial charge in [0.1, 0.15) is 0 Å². The van der Waals surface area contributed by atoms with Crippen LogP contribution in [0.5, 0.6) is 0 Å². The standard InChI is InChI=1S/C16H22ClN3O3.ClH/c1-11(21)19-12-3-4-13(17)14(9-12)20-15(22)16(10-23-2)5-7-18-8-6-16;/h3-4,9,18H,5-8,10H2,1-2H3,(H,19,21)(H,20,22);1H. The Morgan fingerprint density at radius 3 is 2.54 bits per heavy atom. The van der Waals surface area contributed by atoms with Crippen LogP contribution in [0, 0.1) is 5.41 Å². The number of carbonyl (C=O) groups is 2. The van der Waals surface area contributed by atoms with Crippen LogP contribution in [0.2, 0.25) is 5.02 Å². The smallest absolute Gasteiger partial charge is 0.233 e. The third kappa shape index (κ3) is 5.08. The van der Waals surface area contributed by atoms with Crippen molar-refractivity contribution in [1.29, 1.82) is 0 Å². The second-order valence-electron chi connectivity index (χ2n) is 5.79. The highest BCUT2D eigenvalue weighted by Crippen LogP contribution is 2.33. The first-order chi connectivity index (χ1) is 11.0. The van der Waals surface area contributed by atoms with Gasteiger partial charge in [0.05, 0.1) is 22.7 Å². The summed E-state index contributed by atoms with van der Waals surface area (Å²) >= 11 is 6.17. The second-order valence-corrected chi connectivity index (χ2v) is 6.20. The van der Waals surface area contributed by atoms with E-state index in [1.165, 1.54) is 6.92 Å². The zero-order valence-corrected chi connectivity index (χ0v) is 15.4. The van der Waals surface area contributed by atoms with Crippen molar-refractivity contribution in [3.63, 3.8) is 0 Å². The summed E-state index contributed by atoms with van der Waals surface area (Å²) in [6.07, 6.45) is 1.41. The van der Waals surface area contributed by atoms with Crippen LogP contribution in [0.1, 0.15) is 19.8 Å². The summed E-state index contributed by atoms with van der Waals surface area (Å²) in [7, 11) is 1.60. The van der Waals surface area contributed by atoms with Gasteiger partial charge in [-0.2, -0.15) is 0 Å². The zero-order valence-electron chi connectivity index (χ0n) is 13.8. The number of nitrogens with one attached hydrogen (secondary N) is 3. The molecule has 0 bridgehead atoms. The van der Waals surface area contributed by atoms with Crippen LogP contribution in [0.15, 0.2) is 18.2 Å². The highest BCUT2D eigenvalue weighted by molar-refractivity contribution is 6.34. The van der Waals surface area contributed by atoms with Crippen molar-refractivity contribution < 1.29 is 14.3 Å². The Kier molecular flexibility index (Phi) is 7.96. The lowest BCUT2D eigenvalue weighted by molar-refractivity contribution is -0.130. The Labute approximate surface area is 153 Å². The average molecular weight is 376 g/mol. The van der Waals surface area contributed by atoms with Crippen LogP contribution in [-0.2, 0) is 14.3 Å². The molecule has 6 nitrogen and oxygen atoms in total. The van der Waals surface area contributed by atoms with Crippen molar-refractivity contribution in [2.75, 3.05) is 37.4 Å². The lowest BCUT2D eigenvalue weighted by atomic mass is 9.78. The van der Waals surface area contributed by atoms with Crippen molar-refractivity contribution in [2.24, 2.45) is 5.41 Å². The first kappa shape index (κ1) is 20.7. The van der Waals surface area contributed by atoms with Gasteiger partial charge in [-0.3, -0.25) is 9.59 Å². The maximum absolute atomic E-state index is 12.8.